The van der Waals surface area contributed by atoms with Gasteiger partial charge in [-0.05, 0) is 66.2 Å². The number of allylic oxidation sites excluding steroid dienone is 1. The van der Waals surface area contributed by atoms with Gasteiger partial charge in [0.2, 0.25) is 0 Å². The molecule has 27 heavy (non-hydrogen) atoms. The van der Waals surface area contributed by atoms with Crippen molar-refractivity contribution in [3.8, 4) is 0 Å². The van der Waals surface area contributed by atoms with Gasteiger partial charge in [0.15, 0.2) is 0 Å². The first-order valence-corrected chi connectivity index (χ1v) is 9.00. The monoisotopic (exact) mass is 357 g/mol. The van der Waals surface area contributed by atoms with Gasteiger partial charge in [-0.2, -0.15) is 0 Å². The summed E-state index contributed by atoms with van der Waals surface area (Å²) in [6, 6.07) is 15.6. The summed E-state index contributed by atoms with van der Waals surface area (Å²) in [6.07, 6.45) is 6.93. The molecule has 0 aromatic heterocycles. The Balaban J connectivity index is 1.77. The Morgan fingerprint density at radius 2 is 1.96 bits per heavy atom. The smallest absolute Gasteiger partial charge is 0.274 e. The van der Waals surface area contributed by atoms with Crippen LogP contribution in [0.1, 0.15) is 42.4 Å². The van der Waals surface area contributed by atoms with E-state index in [0.29, 0.717) is 5.69 Å². The van der Waals surface area contributed by atoms with Gasteiger partial charge in [-0.25, -0.2) is 0 Å². The number of rotatable bonds is 7. The van der Waals surface area contributed by atoms with Crippen molar-refractivity contribution in [2.45, 2.75) is 25.7 Å². The number of aliphatic imine (C=N–C) groups is 1. The molecule has 1 fully saturated rings. The zero-order chi connectivity index (χ0) is 19.2. The molecule has 0 bridgehead atoms. The number of hydrogen-bond donors (Lipinski definition) is 2. The van der Waals surface area contributed by atoms with Crippen molar-refractivity contribution in [3.63, 3.8) is 0 Å². The Hall–Kier alpha value is -3.27. The highest BCUT2D eigenvalue weighted by atomic mass is 16.1. The minimum Gasteiger partial charge on any atom is -0.321 e. The van der Waals surface area contributed by atoms with Gasteiger partial charge >= 0.3 is 0 Å². The van der Waals surface area contributed by atoms with E-state index in [9.17, 15) is 4.79 Å². The van der Waals surface area contributed by atoms with Gasteiger partial charge in [0, 0.05) is 18.1 Å². The first kappa shape index (κ1) is 18.5. The molecule has 1 saturated carbocycles. The molecule has 3 rings (SSSR count). The fourth-order valence-electron chi connectivity index (χ4n) is 2.88. The molecule has 2 aromatic carbocycles. The van der Waals surface area contributed by atoms with E-state index < -0.39 is 0 Å². The zero-order valence-corrected chi connectivity index (χ0v) is 15.4. The van der Waals surface area contributed by atoms with Crippen molar-refractivity contribution in [2.24, 2.45) is 4.99 Å². The van der Waals surface area contributed by atoms with E-state index in [1.165, 1.54) is 30.8 Å². The van der Waals surface area contributed by atoms with Gasteiger partial charge in [0.05, 0.1) is 0 Å². The quantitative estimate of drug-likeness (QED) is 0.658. The van der Waals surface area contributed by atoms with Crippen LogP contribution in [0.25, 0.3) is 5.57 Å². The second-order valence-electron chi connectivity index (χ2n) is 6.64. The highest BCUT2D eigenvalue weighted by Crippen LogP contribution is 2.40. The SMILES string of the molecule is C=C/N=C(\C=C(/C)c1ccc(C2CC2)cc1)C(=O)Nc1cccc(C=N)c1. The molecule has 2 N–H and O–H groups in total. The molecular weight excluding hydrogens is 334 g/mol. The van der Waals surface area contributed by atoms with Gasteiger partial charge in [-0.1, -0.05) is 43.0 Å². The summed E-state index contributed by atoms with van der Waals surface area (Å²) < 4.78 is 0. The third-order valence-corrected chi connectivity index (χ3v) is 4.54. The lowest BCUT2D eigenvalue weighted by Crippen LogP contribution is -2.21. The molecule has 4 heteroatoms. The number of amides is 1. The van der Waals surface area contributed by atoms with E-state index in [2.05, 4.69) is 41.2 Å². The Labute approximate surface area is 159 Å². The number of nitrogens with one attached hydrogen (secondary N) is 2. The minimum absolute atomic E-state index is 0.286. The predicted octanol–water partition coefficient (Wildman–Crippen LogP) is 5.19. The molecule has 0 spiro atoms. The van der Waals surface area contributed by atoms with Crippen molar-refractivity contribution in [1.29, 1.82) is 5.41 Å². The summed E-state index contributed by atoms with van der Waals surface area (Å²) in [5.74, 6) is 0.412. The van der Waals surface area contributed by atoms with Crippen molar-refractivity contribution >= 4 is 29.1 Å². The fraction of sp³-hybridized carbons (Fsp3) is 0.174. The number of benzene rings is 2. The lowest BCUT2D eigenvalue weighted by molar-refractivity contribution is -0.110. The van der Waals surface area contributed by atoms with E-state index >= 15 is 0 Å². The second kappa shape index (κ2) is 8.41. The highest BCUT2D eigenvalue weighted by Gasteiger charge is 2.23. The van der Waals surface area contributed by atoms with Crippen LogP contribution in [0.15, 0.2) is 72.4 Å². The molecule has 4 nitrogen and oxygen atoms in total. The first-order chi connectivity index (χ1) is 13.1. The van der Waals surface area contributed by atoms with Gasteiger partial charge in [0.1, 0.15) is 5.71 Å². The van der Waals surface area contributed by atoms with Gasteiger partial charge in [-0.3, -0.25) is 9.79 Å². The average Bonchev–Trinajstić information content (AvgIpc) is 3.53. The topological polar surface area (TPSA) is 65.3 Å². The van der Waals surface area contributed by atoms with Crippen LogP contribution >= 0.6 is 0 Å². The van der Waals surface area contributed by atoms with Crippen molar-refractivity contribution < 1.29 is 4.79 Å². The summed E-state index contributed by atoms with van der Waals surface area (Å²) in [6.45, 7) is 5.57. The summed E-state index contributed by atoms with van der Waals surface area (Å²) in [7, 11) is 0. The van der Waals surface area contributed by atoms with Crippen LogP contribution in [0.2, 0.25) is 0 Å². The standard InChI is InChI=1S/C23H23N3O/c1-3-25-22(23(27)26-21-6-4-5-17(14-21)15-24)13-16(2)18-7-9-19(10-8-18)20-11-12-20/h3-10,13-15,20,24H,1,11-12H2,2H3,(H,26,27)/b16-13+,24-15?,25-22+. The summed E-state index contributed by atoms with van der Waals surface area (Å²) >= 11 is 0. The molecule has 0 atom stereocenters. The van der Waals surface area contributed by atoms with E-state index in [1.54, 1.807) is 30.3 Å². The number of nitrogens with zero attached hydrogens (tertiary/aromatic N) is 1. The first-order valence-electron chi connectivity index (χ1n) is 9.00. The zero-order valence-electron chi connectivity index (χ0n) is 15.4. The Morgan fingerprint density at radius 3 is 2.59 bits per heavy atom. The van der Waals surface area contributed by atoms with Crippen LogP contribution in [-0.4, -0.2) is 17.8 Å². The number of anilines is 1. The Kier molecular flexibility index (Phi) is 5.77. The lowest BCUT2D eigenvalue weighted by atomic mass is 10.0. The molecule has 0 radical (unpaired) electrons. The van der Waals surface area contributed by atoms with Crippen LogP contribution in [0.3, 0.4) is 0 Å². The molecular formula is C23H23N3O. The highest BCUT2D eigenvalue weighted by molar-refractivity contribution is 6.48. The van der Waals surface area contributed by atoms with Crippen LogP contribution in [0, 0.1) is 5.41 Å². The molecule has 2 aromatic rings. The summed E-state index contributed by atoms with van der Waals surface area (Å²) in [5.41, 5.74) is 5.04. The van der Waals surface area contributed by atoms with E-state index in [1.807, 2.05) is 6.92 Å². The van der Waals surface area contributed by atoms with Crippen molar-refractivity contribution in [1.82, 2.24) is 0 Å². The maximum Gasteiger partial charge on any atom is 0.274 e. The molecule has 1 aliphatic carbocycles. The Morgan fingerprint density at radius 1 is 1.22 bits per heavy atom. The average molecular weight is 357 g/mol. The van der Waals surface area contributed by atoms with Crippen molar-refractivity contribution in [2.75, 3.05) is 5.32 Å². The van der Waals surface area contributed by atoms with Crippen LogP contribution < -0.4 is 5.32 Å². The third-order valence-electron chi connectivity index (χ3n) is 4.54. The predicted molar refractivity (Wildman–Crippen MR) is 113 cm³/mol. The fourth-order valence-corrected chi connectivity index (χ4v) is 2.88. The third kappa shape index (κ3) is 4.88. The molecule has 136 valence electrons. The van der Waals surface area contributed by atoms with Crippen molar-refractivity contribution in [3.05, 3.63) is 84.1 Å². The van der Waals surface area contributed by atoms with Gasteiger partial charge in [0.25, 0.3) is 5.91 Å². The second-order valence-corrected chi connectivity index (χ2v) is 6.64. The minimum atomic E-state index is -0.314. The molecule has 1 amide bonds. The Bertz CT molecular complexity index is 919. The van der Waals surface area contributed by atoms with Crippen LogP contribution in [-0.2, 0) is 4.79 Å². The lowest BCUT2D eigenvalue weighted by Gasteiger charge is -2.08. The maximum atomic E-state index is 12.6. The molecule has 0 saturated heterocycles. The van der Waals surface area contributed by atoms with Crippen LogP contribution in [0.5, 0.6) is 0 Å². The summed E-state index contributed by atoms with van der Waals surface area (Å²) in [5, 5.41) is 10.1. The molecule has 0 unspecified atom stereocenters. The number of hydrogen-bond acceptors (Lipinski definition) is 3. The number of carbonyl (C=O) groups is 1. The normalized spacial score (nSPS) is 14.6. The van der Waals surface area contributed by atoms with Gasteiger partial charge < -0.3 is 10.7 Å². The van der Waals surface area contributed by atoms with Gasteiger partial charge in [-0.15, -0.1) is 0 Å². The molecule has 0 heterocycles. The maximum absolute atomic E-state index is 12.6. The largest absolute Gasteiger partial charge is 0.321 e. The summed E-state index contributed by atoms with van der Waals surface area (Å²) in [4.78, 5) is 16.8. The van der Waals surface area contributed by atoms with E-state index in [0.717, 1.165) is 22.6 Å². The molecule has 0 aliphatic heterocycles. The van der Waals surface area contributed by atoms with E-state index in [-0.39, 0.29) is 11.6 Å². The van der Waals surface area contributed by atoms with Crippen LogP contribution in [0.4, 0.5) is 5.69 Å². The number of carbonyl (C=O) groups excluding carboxylic acids is 1. The molecule has 1 aliphatic rings. The van der Waals surface area contributed by atoms with E-state index in [4.69, 9.17) is 5.41 Å².